The number of alkyl halides is 2. The molecule has 0 bridgehead atoms. The molecule has 0 fully saturated rings. The number of hydrogen-bond donors (Lipinski definition) is 0. The lowest BCUT2D eigenvalue weighted by Crippen LogP contribution is -2.10. The molecular formula is C12H10F3NO3. The Morgan fingerprint density at radius 3 is 2.68 bits per heavy atom. The number of benzene rings is 1. The van der Waals surface area contributed by atoms with Gasteiger partial charge in [0.05, 0.1) is 24.7 Å². The Hall–Kier alpha value is -2.23. The van der Waals surface area contributed by atoms with Gasteiger partial charge in [-0.2, -0.15) is 14.0 Å². The predicted octanol–water partition coefficient (Wildman–Crippen LogP) is 2.40. The smallest absolute Gasteiger partial charge is 0.387 e. The minimum Gasteiger partial charge on any atom is -0.466 e. The second kappa shape index (κ2) is 6.64. The number of rotatable bonds is 5. The molecule has 0 amide bonds. The Morgan fingerprint density at radius 2 is 2.16 bits per heavy atom. The minimum atomic E-state index is -3.20. The second-order valence-electron chi connectivity index (χ2n) is 3.41. The van der Waals surface area contributed by atoms with Crippen molar-refractivity contribution in [1.82, 2.24) is 0 Å². The van der Waals surface area contributed by atoms with Crippen molar-refractivity contribution >= 4 is 5.97 Å². The fourth-order valence-corrected chi connectivity index (χ4v) is 1.40. The molecule has 0 saturated carbocycles. The number of hydrogen-bond acceptors (Lipinski definition) is 4. The summed E-state index contributed by atoms with van der Waals surface area (Å²) in [5, 5.41) is 8.80. The molecule has 0 aliphatic heterocycles. The van der Waals surface area contributed by atoms with Gasteiger partial charge in [-0.25, -0.2) is 4.39 Å². The van der Waals surface area contributed by atoms with Crippen molar-refractivity contribution < 1.29 is 27.4 Å². The maximum atomic E-state index is 13.3. The number of halogens is 3. The van der Waals surface area contributed by atoms with Crippen LogP contribution in [0.4, 0.5) is 13.2 Å². The summed E-state index contributed by atoms with van der Waals surface area (Å²) < 4.78 is 46.1. The van der Waals surface area contributed by atoms with Crippen LogP contribution in [0.25, 0.3) is 0 Å². The fourth-order valence-electron chi connectivity index (χ4n) is 1.40. The van der Waals surface area contributed by atoms with E-state index in [-0.39, 0.29) is 24.2 Å². The second-order valence-corrected chi connectivity index (χ2v) is 3.41. The molecular weight excluding hydrogens is 263 g/mol. The molecule has 102 valence electrons. The summed E-state index contributed by atoms with van der Waals surface area (Å²) in [5.74, 6) is -2.45. The lowest BCUT2D eigenvalue weighted by Gasteiger charge is -2.09. The summed E-state index contributed by atoms with van der Waals surface area (Å²) in [5.41, 5.74) is -0.0647. The zero-order valence-electron chi connectivity index (χ0n) is 9.95. The van der Waals surface area contributed by atoms with E-state index < -0.39 is 24.1 Å². The Bertz CT molecular complexity index is 512. The zero-order chi connectivity index (χ0) is 14.4. The Balaban J connectivity index is 3.07. The first-order valence-corrected chi connectivity index (χ1v) is 5.30. The van der Waals surface area contributed by atoms with Gasteiger partial charge in [-0.05, 0) is 24.6 Å². The average molecular weight is 273 g/mol. The SMILES string of the molecule is CCOC(=O)Cc1cc(OC(F)F)c(F)cc1C#N. The van der Waals surface area contributed by atoms with E-state index in [0.717, 1.165) is 12.1 Å². The summed E-state index contributed by atoms with van der Waals surface area (Å²) in [6.45, 7) is -1.46. The molecule has 1 aromatic rings. The van der Waals surface area contributed by atoms with Crippen molar-refractivity contribution in [3.63, 3.8) is 0 Å². The number of esters is 1. The highest BCUT2D eigenvalue weighted by Gasteiger charge is 2.16. The van der Waals surface area contributed by atoms with Gasteiger partial charge in [0.1, 0.15) is 0 Å². The van der Waals surface area contributed by atoms with Gasteiger partial charge < -0.3 is 9.47 Å². The quantitative estimate of drug-likeness (QED) is 0.773. The van der Waals surface area contributed by atoms with Gasteiger partial charge in [-0.3, -0.25) is 4.79 Å². The predicted molar refractivity (Wildman–Crippen MR) is 58.1 cm³/mol. The molecule has 19 heavy (non-hydrogen) atoms. The van der Waals surface area contributed by atoms with Crippen LogP contribution in [0, 0.1) is 17.1 Å². The minimum absolute atomic E-state index is 0.0676. The van der Waals surface area contributed by atoms with E-state index in [1.54, 1.807) is 13.0 Å². The van der Waals surface area contributed by atoms with Crippen LogP contribution in [0.2, 0.25) is 0 Å². The first-order chi connectivity index (χ1) is 8.97. The molecule has 0 radical (unpaired) electrons. The van der Waals surface area contributed by atoms with Crippen LogP contribution in [0.1, 0.15) is 18.1 Å². The summed E-state index contributed by atoms with van der Waals surface area (Å²) in [7, 11) is 0. The summed E-state index contributed by atoms with van der Waals surface area (Å²) >= 11 is 0. The molecule has 0 spiro atoms. The average Bonchev–Trinajstić information content (AvgIpc) is 2.32. The number of carbonyl (C=O) groups excluding carboxylic acids is 1. The monoisotopic (exact) mass is 273 g/mol. The maximum absolute atomic E-state index is 13.3. The molecule has 0 aliphatic rings. The lowest BCUT2D eigenvalue weighted by molar-refractivity contribution is -0.142. The molecule has 0 heterocycles. The fraction of sp³-hybridized carbons (Fsp3) is 0.333. The Labute approximate surface area is 107 Å². The lowest BCUT2D eigenvalue weighted by atomic mass is 10.0. The van der Waals surface area contributed by atoms with Crippen molar-refractivity contribution in [3.8, 4) is 11.8 Å². The van der Waals surface area contributed by atoms with Crippen molar-refractivity contribution in [3.05, 3.63) is 29.1 Å². The number of nitriles is 1. The van der Waals surface area contributed by atoms with Gasteiger partial charge in [-0.1, -0.05) is 0 Å². The van der Waals surface area contributed by atoms with Crippen molar-refractivity contribution in [2.45, 2.75) is 20.0 Å². The summed E-state index contributed by atoms with van der Waals surface area (Å²) in [4.78, 5) is 11.3. The molecule has 1 rings (SSSR count). The highest BCUT2D eigenvalue weighted by Crippen LogP contribution is 2.24. The van der Waals surface area contributed by atoms with Gasteiger partial charge in [-0.15, -0.1) is 0 Å². The molecule has 0 atom stereocenters. The van der Waals surface area contributed by atoms with E-state index >= 15 is 0 Å². The first kappa shape index (κ1) is 14.8. The van der Waals surface area contributed by atoms with Crippen LogP contribution in [0.3, 0.4) is 0 Å². The van der Waals surface area contributed by atoms with Crippen LogP contribution < -0.4 is 4.74 Å². The van der Waals surface area contributed by atoms with Crippen molar-refractivity contribution in [1.29, 1.82) is 5.26 Å². The van der Waals surface area contributed by atoms with E-state index in [4.69, 9.17) is 5.26 Å². The van der Waals surface area contributed by atoms with E-state index in [9.17, 15) is 18.0 Å². The molecule has 0 aliphatic carbocycles. The highest BCUT2D eigenvalue weighted by atomic mass is 19.3. The summed E-state index contributed by atoms with van der Waals surface area (Å²) in [6.07, 6.45) is -0.323. The highest BCUT2D eigenvalue weighted by molar-refractivity contribution is 5.73. The van der Waals surface area contributed by atoms with Gasteiger partial charge in [0.15, 0.2) is 11.6 Å². The number of carbonyl (C=O) groups is 1. The van der Waals surface area contributed by atoms with Gasteiger partial charge in [0.2, 0.25) is 0 Å². The van der Waals surface area contributed by atoms with E-state index in [0.29, 0.717) is 0 Å². The number of nitrogens with zero attached hydrogens (tertiary/aromatic N) is 1. The Kier molecular flexibility index (Phi) is 5.18. The topological polar surface area (TPSA) is 59.3 Å². The molecule has 1 aromatic carbocycles. The molecule has 0 aromatic heterocycles. The van der Waals surface area contributed by atoms with E-state index in [2.05, 4.69) is 9.47 Å². The zero-order valence-corrected chi connectivity index (χ0v) is 9.95. The van der Waals surface area contributed by atoms with Crippen molar-refractivity contribution in [2.75, 3.05) is 6.61 Å². The molecule has 7 heteroatoms. The van der Waals surface area contributed by atoms with Crippen LogP contribution in [-0.2, 0) is 16.0 Å². The van der Waals surface area contributed by atoms with Crippen molar-refractivity contribution in [2.24, 2.45) is 0 Å². The van der Waals surface area contributed by atoms with Gasteiger partial charge >= 0.3 is 12.6 Å². The van der Waals surface area contributed by atoms with Crippen LogP contribution >= 0.6 is 0 Å². The van der Waals surface area contributed by atoms with Crippen LogP contribution in [-0.4, -0.2) is 19.2 Å². The van der Waals surface area contributed by atoms with Gasteiger partial charge in [0, 0.05) is 0 Å². The molecule has 0 saturated heterocycles. The number of ether oxygens (including phenoxy) is 2. The molecule has 0 N–H and O–H groups in total. The molecule has 0 unspecified atom stereocenters. The Morgan fingerprint density at radius 1 is 1.47 bits per heavy atom. The van der Waals surface area contributed by atoms with Gasteiger partial charge in [0.25, 0.3) is 0 Å². The molecule has 4 nitrogen and oxygen atoms in total. The van der Waals surface area contributed by atoms with Crippen LogP contribution in [0.5, 0.6) is 5.75 Å². The third-order valence-electron chi connectivity index (χ3n) is 2.13. The third-order valence-corrected chi connectivity index (χ3v) is 2.13. The van der Waals surface area contributed by atoms with E-state index in [1.807, 2.05) is 0 Å². The van der Waals surface area contributed by atoms with Crippen LogP contribution in [0.15, 0.2) is 12.1 Å². The van der Waals surface area contributed by atoms with E-state index in [1.165, 1.54) is 0 Å². The standard InChI is InChI=1S/C12H10F3NO3/c1-2-18-11(17)5-7-4-10(19-12(14)15)9(13)3-8(7)6-16/h3-4,12H,2,5H2,1H3. The summed E-state index contributed by atoms with van der Waals surface area (Å²) in [6, 6.07) is 3.32. The first-order valence-electron chi connectivity index (χ1n) is 5.30. The normalized spacial score (nSPS) is 10.1. The third kappa shape index (κ3) is 4.17. The maximum Gasteiger partial charge on any atom is 0.387 e. The largest absolute Gasteiger partial charge is 0.466 e.